The molecule has 0 fully saturated rings. The molecule has 0 aromatic carbocycles. The summed E-state index contributed by atoms with van der Waals surface area (Å²) in [5.41, 5.74) is 3.08. The van der Waals surface area contributed by atoms with E-state index in [2.05, 4.69) is 4.74 Å². The average Bonchev–Trinajstić information content (AvgIpc) is 1.96. The molecule has 0 saturated heterocycles. The van der Waals surface area contributed by atoms with Gasteiger partial charge in [-0.1, -0.05) is 0 Å². The van der Waals surface area contributed by atoms with Crippen molar-refractivity contribution in [1.82, 2.24) is 0 Å². The van der Waals surface area contributed by atoms with Gasteiger partial charge in [-0.2, -0.15) is 8.42 Å². The van der Waals surface area contributed by atoms with Crippen molar-refractivity contribution in [2.45, 2.75) is 18.5 Å². The Morgan fingerprint density at radius 2 is 2.08 bits per heavy atom. The Kier molecular flexibility index (Phi) is 4.27. The van der Waals surface area contributed by atoms with Crippen molar-refractivity contribution >= 4 is 16.1 Å². The van der Waals surface area contributed by atoms with Gasteiger partial charge in [-0.15, -0.1) is 0 Å². The van der Waals surface area contributed by atoms with Crippen LogP contribution in [-0.2, 0) is 19.6 Å². The molecule has 2 atom stereocenters. The Balaban J connectivity index is 4.41. The second-order valence-corrected chi connectivity index (χ2v) is 3.85. The maximum absolute atomic E-state index is 10.7. The van der Waals surface area contributed by atoms with Crippen molar-refractivity contribution in [2.24, 2.45) is 5.73 Å². The normalized spacial score (nSPS) is 16.3. The first kappa shape index (κ1) is 12.3. The first-order valence-electron chi connectivity index (χ1n) is 3.34. The zero-order valence-electron chi connectivity index (χ0n) is 6.87. The fraction of sp³-hybridized carbons (Fsp3) is 0.800. The lowest BCUT2D eigenvalue weighted by atomic mass is 10.4. The number of esters is 1. The molecular weight excluding hydrogens is 202 g/mol. The van der Waals surface area contributed by atoms with Crippen LogP contribution in [0.4, 0.5) is 0 Å². The van der Waals surface area contributed by atoms with Crippen molar-refractivity contribution in [3.05, 3.63) is 0 Å². The molecule has 0 aromatic rings. The maximum Gasteiger partial charge on any atom is 0.336 e. The third kappa shape index (κ3) is 4.18. The molecule has 0 aromatic heterocycles. The fourth-order valence-corrected chi connectivity index (χ4v) is 0.918. The van der Waals surface area contributed by atoms with Crippen LogP contribution < -0.4 is 5.73 Å². The minimum Gasteiger partial charge on any atom is -0.440 e. The van der Waals surface area contributed by atoms with Gasteiger partial charge in [0, 0.05) is 6.54 Å². The molecule has 0 aliphatic carbocycles. The molecule has 0 aliphatic rings. The van der Waals surface area contributed by atoms with Crippen LogP contribution in [0.2, 0.25) is 0 Å². The van der Waals surface area contributed by atoms with Crippen LogP contribution in [0.15, 0.2) is 0 Å². The molecule has 0 amide bonds. The molecule has 4 N–H and O–H groups in total. The van der Waals surface area contributed by atoms with E-state index in [1.807, 2.05) is 0 Å². The summed E-state index contributed by atoms with van der Waals surface area (Å²) in [5, 5.41) is 8.64. The molecule has 8 heteroatoms. The molecule has 0 rings (SSSR count). The lowest BCUT2D eigenvalue weighted by Crippen LogP contribution is -2.36. The van der Waals surface area contributed by atoms with Gasteiger partial charge >= 0.3 is 16.1 Å². The Bertz CT molecular complexity index is 271. The summed E-state index contributed by atoms with van der Waals surface area (Å²) in [4.78, 5) is 10.7. The molecule has 0 heterocycles. The summed E-state index contributed by atoms with van der Waals surface area (Å²) in [6.45, 7) is 0.525. The van der Waals surface area contributed by atoms with Crippen LogP contribution in [0.5, 0.6) is 0 Å². The van der Waals surface area contributed by atoms with Crippen molar-refractivity contribution in [3.63, 3.8) is 0 Å². The quantitative estimate of drug-likeness (QED) is 0.367. The van der Waals surface area contributed by atoms with Gasteiger partial charge in [0.25, 0.3) is 0 Å². The summed E-state index contributed by atoms with van der Waals surface area (Å²) in [6, 6.07) is 0. The Morgan fingerprint density at radius 1 is 1.62 bits per heavy atom. The van der Waals surface area contributed by atoms with E-state index < -0.39 is 34.2 Å². The molecule has 7 nitrogen and oxygen atoms in total. The fourth-order valence-electron chi connectivity index (χ4n) is 0.459. The number of aliphatic hydroxyl groups is 1. The first-order chi connectivity index (χ1) is 5.79. The molecule has 78 valence electrons. The van der Waals surface area contributed by atoms with Gasteiger partial charge in [-0.3, -0.25) is 4.55 Å². The number of carbonyl (C=O) groups excluding carboxylic acids is 1. The van der Waals surface area contributed by atoms with Crippen LogP contribution in [0.25, 0.3) is 0 Å². The third-order valence-corrected chi connectivity index (χ3v) is 2.07. The minimum absolute atomic E-state index is 0.572. The standard InChI is InChI=1S/C5H11NO6S/c1-3(7)5(8)12-4(2-6)13(9,10)11/h3-4,7H,2,6H2,1H3,(H,9,10,11). The number of hydrogen-bond acceptors (Lipinski definition) is 6. The SMILES string of the molecule is CC(O)C(=O)OC(CN)S(=O)(=O)O. The van der Waals surface area contributed by atoms with Gasteiger partial charge in [-0.25, -0.2) is 4.79 Å². The van der Waals surface area contributed by atoms with Crippen LogP contribution >= 0.6 is 0 Å². The van der Waals surface area contributed by atoms with E-state index in [1.165, 1.54) is 0 Å². The zero-order chi connectivity index (χ0) is 10.6. The van der Waals surface area contributed by atoms with Crippen LogP contribution in [0, 0.1) is 0 Å². The van der Waals surface area contributed by atoms with Gasteiger partial charge in [-0.05, 0) is 6.92 Å². The lowest BCUT2D eigenvalue weighted by molar-refractivity contribution is -0.154. The van der Waals surface area contributed by atoms with Crippen LogP contribution in [-0.4, -0.2) is 42.1 Å². The summed E-state index contributed by atoms with van der Waals surface area (Å²) >= 11 is 0. The molecule has 0 radical (unpaired) electrons. The molecule has 0 bridgehead atoms. The number of ether oxygens (including phenoxy) is 1. The average molecular weight is 213 g/mol. The minimum atomic E-state index is -4.52. The van der Waals surface area contributed by atoms with Gasteiger partial charge in [0.1, 0.15) is 6.10 Å². The molecular formula is C5H11NO6S. The Labute approximate surface area is 75.2 Å². The largest absolute Gasteiger partial charge is 0.440 e. The van der Waals surface area contributed by atoms with E-state index in [9.17, 15) is 13.2 Å². The topological polar surface area (TPSA) is 127 Å². The lowest BCUT2D eigenvalue weighted by Gasteiger charge is -2.13. The molecule has 2 unspecified atom stereocenters. The highest BCUT2D eigenvalue weighted by Gasteiger charge is 2.27. The van der Waals surface area contributed by atoms with E-state index in [-0.39, 0.29) is 0 Å². The van der Waals surface area contributed by atoms with E-state index in [1.54, 1.807) is 0 Å². The monoisotopic (exact) mass is 213 g/mol. The van der Waals surface area contributed by atoms with Crippen LogP contribution in [0.1, 0.15) is 6.92 Å². The van der Waals surface area contributed by atoms with Gasteiger partial charge in [0.15, 0.2) is 0 Å². The highest BCUT2D eigenvalue weighted by molar-refractivity contribution is 7.86. The summed E-state index contributed by atoms with van der Waals surface area (Å²) in [5.74, 6) is -1.16. The van der Waals surface area contributed by atoms with Crippen LogP contribution in [0.3, 0.4) is 0 Å². The zero-order valence-corrected chi connectivity index (χ0v) is 7.69. The maximum atomic E-state index is 10.7. The molecule has 13 heavy (non-hydrogen) atoms. The Morgan fingerprint density at radius 3 is 2.31 bits per heavy atom. The number of hydrogen-bond donors (Lipinski definition) is 3. The predicted molar refractivity (Wildman–Crippen MR) is 42.2 cm³/mol. The van der Waals surface area contributed by atoms with Gasteiger partial charge < -0.3 is 15.6 Å². The van der Waals surface area contributed by atoms with E-state index >= 15 is 0 Å². The van der Waals surface area contributed by atoms with Gasteiger partial charge in [0.05, 0.1) is 0 Å². The van der Waals surface area contributed by atoms with Crippen molar-refractivity contribution < 1.29 is 27.6 Å². The second kappa shape index (κ2) is 4.51. The van der Waals surface area contributed by atoms with Crippen molar-refractivity contribution in [2.75, 3.05) is 6.54 Å². The summed E-state index contributed by atoms with van der Waals surface area (Å²) in [6.07, 6.45) is -1.46. The summed E-state index contributed by atoms with van der Waals surface area (Å²) in [7, 11) is -4.52. The Hall–Kier alpha value is -0.700. The molecule has 0 spiro atoms. The molecule has 0 aliphatic heterocycles. The van der Waals surface area contributed by atoms with Crippen molar-refractivity contribution in [3.8, 4) is 0 Å². The van der Waals surface area contributed by atoms with E-state index in [4.69, 9.17) is 15.4 Å². The van der Waals surface area contributed by atoms with Crippen molar-refractivity contribution in [1.29, 1.82) is 0 Å². The number of nitrogens with two attached hydrogens (primary N) is 1. The highest BCUT2D eigenvalue weighted by atomic mass is 32.2. The van der Waals surface area contributed by atoms with E-state index in [0.29, 0.717) is 0 Å². The summed E-state index contributed by atoms with van der Waals surface area (Å²) < 4.78 is 33.5. The van der Waals surface area contributed by atoms with Gasteiger partial charge in [0.2, 0.25) is 5.44 Å². The van der Waals surface area contributed by atoms with E-state index in [0.717, 1.165) is 6.92 Å². The number of rotatable bonds is 4. The molecule has 0 saturated carbocycles. The second-order valence-electron chi connectivity index (χ2n) is 2.29. The first-order valence-corrected chi connectivity index (χ1v) is 4.84. The smallest absolute Gasteiger partial charge is 0.336 e. The predicted octanol–water partition coefficient (Wildman–Crippen LogP) is -1.92. The highest BCUT2D eigenvalue weighted by Crippen LogP contribution is 2.01. The third-order valence-electron chi connectivity index (χ3n) is 1.11. The number of carbonyl (C=O) groups is 1. The number of aliphatic hydroxyl groups excluding tert-OH is 1.